The number of aromatic nitrogens is 4. The molecular formula is C30H34N4S2. The summed E-state index contributed by atoms with van der Waals surface area (Å²) in [7, 11) is 0. The van der Waals surface area contributed by atoms with Gasteiger partial charge in [-0.25, -0.2) is 9.97 Å². The number of rotatable bonds is 6. The highest BCUT2D eigenvalue weighted by Crippen LogP contribution is 2.37. The van der Waals surface area contributed by atoms with Crippen LogP contribution in [0.1, 0.15) is 73.4 Å². The van der Waals surface area contributed by atoms with Crippen LogP contribution in [-0.2, 0) is 0 Å². The van der Waals surface area contributed by atoms with Crippen molar-refractivity contribution in [2.45, 2.75) is 53.4 Å². The van der Waals surface area contributed by atoms with E-state index >= 15 is 0 Å². The van der Waals surface area contributed by atoms with E-state index in [0.29, 0.717) is 0 Å². The van der Waals surface area contributed by atoms with Gasteiger partial charge in [0.05, 0.1) is 22.8 Å². The largest absolute Gasteiger partial charge is 0.355 e. The summed E-state index contributed by atoms with van der Waals surface area (Å²) in [5.41, 5.74) is 15.9. The normalized spacial score (nSPS) is 13.7. The first-order valence-electron chi connectivity index (χ1n) is 12.7. The molecule has 0 aliphatic carbocycles. The van der Waals surface area contributed by atoms with Crippen molar-refractivity contribution in [3.8, 4) is 0 Å². The Morgan fingerprint density at radius 1 is 0.583 bits per heavy atom. The van der Waals surface area contributed by atoms with E-state index in [1.54, 1.807) is 0 Å². The number of hydrogen-bond donors (Lipinski definition) is 4. The third-order valence-corrected chi connectivity index (χ3v) is 7.87. The van der Waals surface area contributed by atoms with Gasteiger partial charge < -0.3 is 9.97 Å². The number of thiol groups is 2. The first-order valence-corrected chi connectivity index (χ1v) is 14.0. The quantitative estimate of drug-likeness (QED) is 0.251. The molecule has 6 heteroatoms. The van der Waals surface area contributed by atoms with E-state index in [9.17, 15) is 0 Å². The highest BCUT2D eigenvalue weighted by atomic mass is 32.1. The smallest absolute Gasteiger partial charge is 0.0694 e. The zero-order valence-corrected chi connectivity index (χ0v) is 23.3. The van der Waals surface area contributed by atoms with Gasteiger partial charge in [-0.2, -0.15) is 25.3 Å². The molecule has 5 rings (SSSR count). The summed E-state index contributed by atoms with van der Waals surface area (Å²) in [5.74, 6) is 1.71. The van der Waals surface area contributed by atoms with Crippen molar-refractivity contribution < 1.29 is 0 Å². The fourth-order valence-corrected chi connectivity index (χ4v) is 5.46. The lowest BCUT2D eigenvalue weighted by Crippen LogP contribution is -1.89. The highest BCUT2D eigenvalue weighted by Gasteiger charge is 2.20. The molecule has 0 fully saturated rings. The maximum atomic E-state index is 5.14. The molecule has 36 heavy (non-hydrogen) atoms. The average Bonchev–Trinajstić information content (AvgIpc) is 3.53. The Bertz CT molecular complexity index is 1550. The molecule has 0 unspecified atom stereocenters. The lowest BCUT2D eigenvalue weighted by molar-refractivity contribution is 0.983. The number of H-pyrrole nitrogens is 2. The van der Waals surface area contributed by atoms with Crippen molar-refractivity contribution in [3.05, 3.63) is 70.3 Å². The Kier molecular flexibility index (Phi) is 7.18. The number of nitrogens with one attached hydrogen (secondary N) is 2. The summed E-state index contributed by atoms with van der Waals surface area (Å²) in [6.07, 6.45) is 3.95. The van der Waals surface area contributed by atoms with E-state index in [1.807, 2.05) is 0 Å². The first kappa shape index (κ1) is 25.0. The molecule has 0 saturated heterocycles. The molecule has 5 heterocycles. The Balaban J connectivity index is 1.86. The summed E-state index contributed by atoms with van der Waals surface area (Å²) < 4.78 is 0. The van der Waals surface area contributed by atoms with Crippen LogP contribution < -0.4 is 0 Å². The molecule has 2 aliphatic rings. The van der Waals surface area contributed by atoms with Gasteiger partial charge in [0, 0.05) is 22.1 Å². The first-order chi connectivity index (χ1) is 17.4. The number of fused-ring (bicyclic) bond motifs is 8. The lowest BCUT2D eigenvalue weighted by Gasteiger charge is -2.05. The molecule has 0 amide bonds. The molecule has 186 valence electrons. The molecular weight excluding hydrogens is 480 g/mol. The zero-order valence-electron chi connectivity index (χ0n) is 21.5. The maximum absolute atomic E-state index is 5.14. The second-order valence-electron chi connectivity index (χ2n) is 9.85. The van der Waals surface area contributed by atoms with E-state index in [-0.39, 0.29) is 0 Å². The molecule has 2 N–H and O–H groups in total. The third-order valence-electron chi connectivity index (χ3n) is 7.24. The molecule has 0 spiro atoms. The Morgan fingerprint density at radius 3 is 1.58 bits per heavy atom. The van der Waals surface area contributed by atoms with Gasteiger partial charge in [0.1, 0.15) is 0 Å². The molecule has 2 aliphatic heterocycles. The summed E-state index contributed by atoms with van der Waals surface area (Å²) in [6.45, 7) is 8.67. The van der Waals surface area contributed by atoms with Crippen LogP contribution in [0.4, 0.5) is 0 Å². The second kappa shape index (κ2) is 10.3. The zero-order chi connectivity index (χ0) is 25.4. The Labute approximate surface area is 224 Å². The van der Waals surface area contributed by atoms with Crippen molar-refractivity contribution in [1.82, 2.24) is 19.9 Å². The van der Waals surface area contributed by atoms with Crippen LogP contribution in [0.15, 0.2) is 36.4 Å². The fraction of sp³-hybridized carbons (Fsp3) is 0.333. The van der Waals surface area contributed by atoms with Crippen molar-refractivity contribution in [1.29, 1.82) is 0 Å². The van der Waals surface area contributed by atoms with E-state index < -0.39 is 0 Å². The van der Waals surface area contributed by atoms with E-state index in [2.05, 4.69) is 99.3 Å². The van der Waals surface area contributed by atoms with Gasteiger partial charge in [0.2, 0.25) is 0 Å². The van der Waals surface area contributed by atoms with E-state index in [0.717, 1.165) is 82.0 Å². The number of aryl methyl sites for hydroxylation is 2. The van der Waals surface area contributed by atoms with Crippen molar-refractivity contribution >= 4 is 69.6 Å². The van der Waals surface area contributed by atoms with Crippen LogP contribution in [-0.4, -0.2) is 31.4 Å². The molecule has 4 nitrogen and oxygen atoms in total. The molecule has 8 bridgehead atoms. The SMILES string of the molecule is CC1=C(CCCS)c2cc3nc(cc4[nH]c(cc4C)cc4[nH]c(cc1n2)cc4C)C(C)=C3CCCS. The topological polar surface area (TPSA) is 57.4 Å². The Morgan fingerprint density at radius 2 is 1.06 bits per heavy atom. The monoisotopic (exact) mass is 514 g/mol. The van der Waals surface area contributed by atoms with Gasteiger partial charge in [0.15, 0.2) is 0 Å². The number of aromatic amines is 2. The van der Waals surface area contributed by atoms with Crippen molar-refractivity contribution in [3.63, 3.8) is 0 Å². The van der Waals surface area contributed by atoms with Crippen LogP contribution >= 0.6 is 25.3 Å². The van der Waals surface area contributed by atoms with Gasteiger partial charge >= 0.3 is 0 Å². The predicted molar refractivity (Wildman–Crippen MR) is 162 cm³/mol. The second-order valence-corrected chi connectivity index (χ2v) is 10.7. The van der Waals surface area contributed by atoms with Crippen LogP contribution in [0, 0.1) is 13.8 Å². The minimum absolute atomic E-state index is 0.857. The van der Waals surface area contributed by atoms with Crippen molar-refractivity contribution in [2.75, 3.05) is 11.5 Å². The predicted octanol–water partition coefficient (Wildman–Crippen LogP) is 8.21. The van der Waals surface area contributed by atoms with Crippen LogP contribution in [0.2, 0.25) is 0 Å². The molecule has 0 aromatic carbocycles. The molecule has 0 saturated carbocycles. The van der Waals surface area contributed by atoms with Gasteiger partial charge in [-0.05, 0) is 135 Å². The van der Waals surface area contributed by atoms with E-state index in [4.69, 9.17) is 9.97 Å². The average molecular weight is 515 g/mol. The van der Waals surface area contributed by atoms with Crippen molar-refractivity contribution in [2.24, 2.45) is 0 Å². The summed E-state index contributed by atoms with van der Waals surface area (Å²) in [6, 6.07) is 13.1. The number of allylic oxidation sites excluding steroid dienone is 4. The van der Waals surface area contributed by atoms with E-state index in [1.165, 1.54) is 33.4 Å². The molecule has 0 atom stereocenters. The number of nitrogens with zero attached hydrogens (tertiary/aromatic N) is 2. The van der Waals surface area contributed by atoms with Crippen LogP contribution in [0.25, 0.3) is 44.4 Å². The minimum atomic E-state index is 0.857. The minimum Gasteiger partial charge on any atom is -0.355 e. The lowest BCUT2D eigenvalue weighted by atomic mass is 9.99. The summed E-state index contributed by atoms with van der Waals surface area (Å²) in [5, 5.41) is 0. The van der Waals surface area contributed by atoms with Crippen LogP contribution in [0.3, 0.4) is 0 Å². The molecule has 3 aromatic rings. The summed E-state index contributed by atoms with van der Waals surface area (Å²) >= 11 is 8.95. The van der Waals surface area contributed by atoms with Gasteiger partial charge in [-0.3, -0.25) is 0 Å². The molecule has 0 radical (unpaired) electrons. The van der Waals surface area contributed by atoms with Gasteiger partial charge in [0.25, 0.3) is 0 Å². The summed E-state index contributed by atoms with van der Waals surface area (Å²) in [4.78, 5) is 17.5. The molecule has 3 aromatic heterocycles. The van der Waals surface area contributed by atoms with Gasteiger partial charge in [-0.15, -0.1) is 0 Å². The highest BCUT2D eigenvalue weighted by molar-refractivity contribution is 7.80. The third kappa shape index (κ3) is 4.81. The Hall–Kier alpha value is -2.70. The standard InChI is InChI=1S/C30H34N4S2/c1-17-11-22-14-27-19(3)23(7-5-9-35)29(33-27)16-30-24(8-6-10-36)20(4)28(34-30)15-26-18(2)12-21(32-26)13-25(17)31-22/h11-16,31-32,35-36H,5-10H2,1-4H3. The fourth-order valence-electron chi connectivity index (χ4n) is 5.14. The van der Waals surface area contributed by atoms with Gasteiger partial charge in [-0.1, -0.05) is 0 Å². The maximum Gasteiger partial charge on any atom is 0.0694 e. The number of hydrogen-bond acceptors (Lipinski definition) is 4. The van der Waals surface area contributed by atoms with Crippen LogP contribution in [0.5, 0.6) is 0 Å².